The summed E-state index contributed by atoms with van der Waals surface area (Å²) in [6, 6.07) is 11.1. The Morgan fingerprint density at radius 2 is 1.73 bits per heavy atom. The van der Waals surface area contributed by atoms with Gasteiger partial charge in [-0.1, -0.05) is 11.6 Å². The number of benzene rings is 2. The third-order valence-corrected chi connectivity index (χ3v) is 5.61. The number of halogens is 1. The van der Waals surface area contributed by atoms with Gasteiger partial charge in [0.15, 0.2) is 5.78 Å². The maximum Gasteiger partial charge on any atom is 0.271 e. The van der Waals surface area contributed by atoms with Crippen molar-refractivity contribution in [3.05, 3.63) is 63.2 Å². The number of hydrogen-bond acceptors (Lipinski definition) is 6. The zero-order valence-corrected chi connectivity index (χ0v) is 17.6. The first-order valence-corrected chi connectivity index (χ1v) is 9.99. The summed E-state index contributed by atoms with van der Waals surface area (Å²) in [5.41, 5.74) is 1.96. The number of ketones is 1. The lowest BCUT2D eigenvalue weighted by molar-refractivity contribution is -0.384. The predicted molar refractivity (Wildman–Crippen MR) is 116 cm³/mol. The van der Waals surface area contributed by atoms with Gasteiger partial charge in [-0.15, -0.1) is 0 Å². The van der Waals surface area contributed by atoms with Crippen molar-refractivity contribution in [2.24, 2.45) is 0 Å². The molecule has 1 atom stereocenters. The zero-order chi connectivity index (χ0) is 21.8. The minimum Gasteiger partial charge on any atom is -0.369 e. The van der Waals surface area contributed by atoms with Crippen LogP contribution in [-0.4, -0.2) is 53.7 Å². The van der Waals surface area contributed by atoms with E-state index >= 15 is 0 Å². The second-order valence-electron chi connectivity index (χ2n) is 7.21. The molecule has 0 radical (unpaired) electrons. The van der Waals surface area contributed by atoms with Crippen LogP contribution in [0.1, 0.15) is 24.2 Å². The van der Waals surface area contributed by atoms with Gasteiger partial charge in [0.25, 0.3) is 5.69 Å². The Bertz CT molecular complexity index is 956. The standard InChI is InChI=1S/C21H23ClN4O4/c1-14(21(28)23-20-8-7-18(26(29)30)13-19(20)22)24-9-11-25(12-10-24)17-5-3-16(4-6-17)15(2)27/h3-8,13-14H,9-12H2,1-2H3,(H,23,28). The third kappa shape index (κ3) is 4.95. The molecule has 1 aliphatic rings. The fourth-order valence-electron chi connectivity index (χ4n) is 3.40. The van der Waals surface area contributed by atoms with Crippen molar-refractivity contribution >= 4 is 40.4 Å². The number of nitro benzene ring substituents is 1. The Hall–Kier alpha value is -2.97. The number of carbonyl (C=O) groups excluding carboxylic acids is 2. The predicted octanol–water partition coefficient (Wildman–Crippen LogP) is 3.60. The Balaban J connectivity index is 1.56. The Labute approximate surface area is 179 Å². The van der Waals surface area contributed by atoms with Gasteiger partial charge in [0, 0.05) is 49.6 Å². The highest BCUT2D eigenvalue weighted by molar-refractivity contribution is 6.34. The first-order valence-electron chi connectivity index (χ1n) is 9.61. The highest BCUT2D eigenvalue weighted by Gasteiger charge is 2.26. The molecule has 1 fully saturated rings. The van der Waals surface area contributed by atoms with Crippen LogP contribution in [0.3, 0.4) is 0 Å². The average Bonchev–Trinajstić information content (AvgIpc) is 2.74. The summed E-state index contributed by atoms with van der Waals surface area (Å²) < 4.78 is 0. The van der Waals surface area contributed by atoms with Crippen molar-refractivity contribution in [1.82, 2.24) is 4.90 Å². The molecule has 0 bridgehead atoms. The molecule has 2 aromatic rings. The van der Waals surface area contributed by atoms with Crippen LogP contribution in [0.5, 0.6) is 0 Å². The monoisotopic (exact) mass is 430 g/mol. The highest BCUT2D eigenvalue weighted by Crippen LogP contribution is 2.27. The second-order valence-corrected chi connectivity index (χ2v) is 7.62. The van der Waals surface area contributed by atoms with Crippen LogP contribution in [0.4, 0.5) is 17.1 Å². The maximum absolute atomic E-state index is 12.6. The average molecular weight is 431 g/mol. The van der Waals surface area contributed by atoms with E-state index in [1.165, 1.54) is 18.2 Å². The van der Waals surface area contributed by atoms with Gasteiger partial charge in [-0.25, -0.2) is 0 Å². The number of amides is 1. The summed E-state index contributed by atoms with van der Waals surface area (Å²) in [6.45, 7) is 6.30. The lowest BCUT2D eigenvalue weighted by Gasteiger charge is -2.38. The largest absolute Gasteiger partial charge is 0.369 e. The number of anilines is 2. The van der Waals surface area contributed by atoms with Crippen LogP contribution >= 0.6 is 11.6 Å². The van der Waals surface area contributed by atoms with Gasteiger partial charge in [-0.3, -0.25) is 24.6 Å². The topological polar surface area (TPSA) is 95.8 Å². The van der Waals surface area contributed by atoms with E-state index in [1.807, 2.05) is 31.2 Å². The third-order valence-electron chi connectivity index (χ3n) is 5.30. The van der Waals surface area contributed by atoms with E-state index in [-0.39, 0.29) is 28.4 Å². The number of rotatable bonds is 6. The molecule has 1 unspecified atom stereocenters. The summed E-state index contributed by atoms with van der Waals surface area (Å²) in [5, 5.41) is 13.7. The first-order chi connectivity index (χ1) is 14.3. The molecule has 1 N–H and O–H groups in total. The second kappa shape index (κ2) is 9.23. The van der Waals surface area contributed by atoms with Gasteiger partial charge in [-0.2, -0.15) is 0 Å². The van der Waals surface area contributed by atoms with Crippen molar-refractivity contribution in [3.8, 4) is 0 Å². The Kier molecular flexibility index (Phi) is 6.69. The number of nitrogens with one attached hydrogen (secondary N) is 1. The van der Waals surface area contributed by atoms with Gasteiger partial charge in [0.1, 0.15) is 0 Å². The van der Waals surface area contributed by atoms with E-state index in [0.717, 1.165) is 18.8 Å². The highest BCUT2D eigenvalue weighted by atomic mass is 35.5. The van der Waals surface area contributed by atoms with E-state index in [1.54, 1.807) is 6.92 Å². The molecule has 8 nitrogen and oxygen atoms in total. The van der Waals surface area contributed by atoms with E-state index in [0.29, 0.717) is 24.3 Å². The van der Waals surface area contributed by atoms with Crippen molar-refractivity contribution in [3.63, 3.8) is 0 Å². The van der Waals surface area contributed by atoms with E-state index in [4.69, 9.17) is 11.6 Å². The van der Waals surface area contributed by atoms with Crippen LogP contribution in [0.15, 0.2) is 42.5 Å². The van der Waals surface area contributed by atoms with E-state index < -0.39 is 4.92 Å². The van der Waals surface area contributed by atoms with Crippen molar-refractivity contribution in [2.75, 3.05) is 36.4 Å². The van der Waals surface area contributed by atoms with Gasteiger partial charge in [-0.05, 0) is 44.2 Å². The molecule has 9 heteroatoms. The van der Waals surface area contributed by atoms with Crippen LogP contribution in [0.25, 0.3) is 0 Å². The number of carbonyl (C=O) groups is 2. The number of nitro groups is 1. The first kappa shape index (κ1) is 21.7. The molecule has 0 spiro atoms. The number of piperazine rings is 1. The normalized spacial score (nSPS) is 15.5. The van der Waals surface area contributed by atoms with Crippen LogP contribution in [-0.2, 0) is 4.79 Å². The fourth-order valence-corrected chi connectivity index (χ4v) is 3.62. The van der Waals surface area contributed by atoms with Crippen molar-refractivity contribution in [1.29, 1.82) is 0 Å². The van der Waals surface area contributed by atoms with E-state index in [2.05, 4.69) is 15.1 Å². The summed E-state index contributed by atoms with van der Waals surface area (Å²) in [7, 11) is 0. The quantitative estimate of drug-likeness (QED) is 0.427. The number of non-ortho nitro benzene ring substituents is 1. The van der Waals surface area contributed by atoms with Crippen LogP contribution in [0, 0.1) is 10.1 Å². The van der Waals surface area contributed by atoms with Crippen molar-refractivity contribution in [2.45, 2.75) is 19.9 Å². The van der Waals surface area contributed by atoms with E-state index in [9.17, 15) is 19.7 Å². The summed E-state index contributed by atoms with van der Waals surface area (Å²) in [6.07, 6.45) is 0. The number of nitrogens with zero attached hydrogens (tertiary/aromatic N) is 3. The lowest BCUT2D eigenvalue weighted by Crippen LogP contribution is -2.52. The molecule has 1 heterocycles. The molecular weight excluding hydrogens is 408 g/mol. The molecule has 2 aromatic carbocycles. The molecule has 0 aromatic heterocycles. The summed E-state index contributed by atoms with van der Waals surface area (Å²) >= 11 is 6.07. The molecule has 1 aliphatic heterocycles. The molecule has 30 heavy (non-hydrogen) atoms. The van der Waals surface area contributed by atoms with Crippen molar-refractivity contribution < 1.29 is 14.5 Å². The van der Waals surface area contributed by atoms with Gasteiger partial charge < -0.3 is 10.2 Å². The summed E-state index contributed by atoms with van der Waals surface area (Å²) in [5.74, 6) is -0.177. The zero-order valence-electron chi connectivity index (χ0n) is 16.8. The van der Waals surface area contributed by atoms with Crippen LogP contribution in [0.2, 0.25) is 5.02 Å². The van der Waals surface area contributed by atoms with Crippen LogP contribution < -0.4 is 10.2 Å². The molecule has 0 aliphatic carbocycles. The van der Waals surface area contributed by atoms with Gasteiger partial charge in [0.2, 0.25) is 5.91 Å². The van der Waals surface area contributed by atoms with Gasteiger partial charge >= 0.3 is 0 Å². The molecule has 3 rings (SSSR count). The Morgan fingerprint density at radius 1 is 1.10 bits per heavy atom. The smallest absolute Gasteiger partial charge is 0.271 e. The molecular formula is C21H23ClN4O4. The number of Topliss-reactive ketones (excluding diaryl/α,β-unsaturated/α-hetero) is 1. The minimum absolute atomic E-state index is 0.0410. The molecule has 1 amide bonds. The minimum atomic E-state index is -0.534. The molecule has 0 saturated carbocycles. The number of hydrogen-bond donors (Lipinski definition) is 1. The lowest BCUT2D eigenvalue weighted by atomic mass is 10.1. The molecule has 158 valence electrons. The SMILES string of the molecule is CC(=O)c1ccc(N2CCN(C(C)C(=O)Nc3ccc([N+](=O)[O-])cc3Cl)CC2)cc1. The van der Waals surface area contributed by atoms with Gasteiger partial charge in [0.05, 0.1) is 21.7 Å². The Morgan fingerprint density at radius 3 is 2.27 bits per heavy atom. The fraction of sp³-hybridized carbons (Fsp3) is 0.333. The summed E-state index contributed by atoms with van der Waals surface area (Å²) in [4.78, 5) is 38.6. The molecule has 1 saturated heterocycles. The maximum atomic E-state index is 12.6.